The highest BCUT2D eigenvalue weighted by molar-refractivity contribution is 6.51. The molecular formula is C28H21F4NO3. The maximum Gasteiger partial charge on any atom is 0.416 e. The first-order chi connectivity index (χ1) is 17.2. The Labute approximate surface area is 204 Å². The van der Waals surface area contributed by atoms with Crippen LogP contribution < -0.4 is 4.90 Å². The highest BCUT2D eigenvalue weighted by Gasteiger charge is 2.48. The van der Waals surface area contributed by atoms with Crippen molar-refractivity contribution in [3.05, 3.63) is 106 Å². The third-order valence-corrected chi connectivity index (χ3v) is 6.74. The van der Waals surface area contributed by atoms with Crippen LogP contribution in [0.5, 0.6) is 0 Å². The van der Waals surface area contributed by atoms with Crippen molar-refractivity contribution < 1.29 is 32.3 Å². The van der Waals surface area contributed by atoms with E-state index in [1.165, 1.54) is 18.2 Å². The lowest BCUT2D eigenvalue weighted by atomic mass is 9.88. The maximum absolute atomic E-state index is 15.0. The first-order valence-corrected chi connectivity index (χ1v) is 11.5. The SMILES string of the molecule is O=C1C(=O)N(c2ccc(C(F)(F)F)cc2)C(c2ccccc2F)/C1=C(\O)c1ccc2c(c1)CCCC2. The Bertz CT molecular complexity index is 1390. The molecule has 184 valence electrons. The molecule has 1 atom stereocenters. The van der Waals surface area contributed by atoms with Crippen LogP contribution in [-0.2, 0) is 28.6 Å². The molecule has 36 heavy (non-hydrogen) atoms. The average Bonchev–Trinajstić information content (AvgIpc) is 3.13. The first-order valence-electron chi connectivity index (χ1n) is 11.5. The largest absolute Gasteiger partial charge is 0.507 e. The number of aryl methyl sites for hydroxylation is 2. The van der Waals surface area contributed by atoms with E-state index >= 15 is 0 Å². The molecule has 3 aromatic rings. The van der Waals surface area contributed by atoms with Crippen molar-refractivity contribution in [2.45, 2.75) is 37.9 Å². The number of alkyl halides is 3. The molecule has 1 fully saturated rings. The molecule has 5 rings (SSSR count). The number of carbonyl (C=O) groups is 2. The predicted molar refractivity (Wildman–Crippen MR) is 126 cm³/mol. The van der Waals surface area contributed by atoms with E-state index in [4.69, 9.17) is 0 Å². The Kier molecular flexibility index (Phi) is 5.90. The third-order valence-electron chi connectivity index (χ3n) is 6.74. The predicted octanol–water partition coefficient (Wildman–Crippen LogP) is 6.35. The minimum atomic E-state index is -4.59. The molecule has 1 amide bonds. The van der Waals surface area contributed by atoms with Crippen LogP contribution in [0, 0.1) is 5.82 Å². The summed E-state index contributed by atoms with van der Waals surface area (Å²) in [4.78, 5) is 27.3. The number of ketones is 1. The molecular weight excluding hydrogens is 474 g/mol. The Morgan fingerprint density at radius 2 is 1.56 bits per heavy atom. The monoisotopic (exact) mass is 495 g/mol. The second-order valence-electron chi connectivity index (χ2n) is 8.93. The van der Waals surface area contributed by atoms with E-state index in [1.54, 1.807) is 12.1 Å². The molecule has 1 N–H and O–H groups in total. The Balaban J connectivity index is 1.68. The molecule has 1 aliphatic heterocycles. The van der Waals surface area contributed by atoms with Crippen LogP contribution in [0.25, 0.3) is 5.76 Å². The Hall–Kier alpha value is -3.94. The quantitative estimate of drug-likeness (QED) is 0.199. The molecule has 1 unspecified atom stereocenters. The van der Waals surface area contributed by atoms with E-state index in [0.29, 0.717) is 5.56 Å². The van der Waals surface area contributed by atoms with Crippen molar-refractivity contribution in [1.82, 2.24) is 0 Å². The number of benzene rings is 3. The van der Waals surface area contributed by atoms with Crippen molar-refractivity contribution in [1.29, 1.82) is 0 Å². The number of amides is 1. The van der Waals surface area contributed by atoms with Gasteiger partial charge in [0.25, 0.3) is 11.7 Å². The second-order valence-corrected chi connectivity index (χ2v) is 8.93. The summed E-state index contributed by atoms with van der Waals surface area (Å²) in [6.07, 6.45) is -0.824. The number of Topliss-reactive ketones (excluding diaryl/α,β-unsaturated/α-hetero) is 1. The zero-order valence-electron chi connectivity index (χ0n) is 19.0. The van der Waals surface area contributed by atoms with Gasteiger partial charge in [0.05, 0.1) is 17.2 Å². The fourth-order valence-corrected chi connectivity index (χ4v) is 4.94. The number of rotatable bonds is 3. The average molecular weight is 495 g/mol. The zero-order valence-corrected chi connectivity index (χ0v) is 19.0. The molecule has 0 spiro atoms. The van der Waals surface area contributed by atoms with Gasteiger partial charge in [-0.1, -0.05) is 30.3 Å². The summed E-state index contributed by atoms with van der Waals surface area (Å²) in [6, 6.07) is 13.1. The lowest BCUT2D eigenvalue weighted by Crippen LogP contribution is -2.30. The molecule has 1 heterocycles. The third kappa shape index (κ3) is 4.06. The van der Waals surface area contributed by atoms with E-state index in [2.05, 4.69) is 0 Å². The number of hydrogen-bond donors (Lipinski definition) is 1. The molecule has 1 saturated heterocycles. The van der Waals surface area contributed by atoms with Crippen molar-refractivity contribution in [3.8, 4) is 0 Å². The van der Waals surface area contributed by atoms with E-state index in [9.17, 15) is 32.3 Å². The van der Waals surface area contributed by atoms with Crippen molar-refractivity contribution in [3.63, 3.8) is 0 Å². The number of hydrogen-bond acceptors (Lipinski definition) is 3. The van der Waals surface area contributed by atoms with Gasteiger partial charge < -0.3 is 5.11 Å². The van der Waals surface area contributed by atoms with Crippen LogP contribution in [0.2, 0.25) is 0 Å². The first kappa shape index (κ1) is 23.8. The molecule has 0 radical (unpaired) electrons. The summed E-state index contributed by atoms with van der Waals surface area (Å²) in [5.41, 5.74) is 1.17. The van der Waals surface area contributed by atoms with E-state index in [-0.39, 0.29) is 16.8 Å². The number of nitrogens with zero attached hydrogens (tertiary/aromatic N) is 1. The lowest BCUT2D eigenvalue weighted by Gasteiger charge is -2.26. The van der Waals surface area contributed by atoms with Crippen LogP contribution >= 0.6 is 0 Å². The minimum Gasteiger partial charge on any atom is -0.507 e. The van der Waals surface area contributed by atoms with E-state index in [1.807, 2.05) is 6.07 Å². The summed E-state index contributed by atoms with van der Waals surface area (Å²) < 4.78 is 54.2. The summed E-state index contributed by atoms with van der Waals surface area (Å²) in [5, 5.41) is 11.3. The van der Waals surface area contributed by atoms with Gasteiger partial charge in [0.2, 0.25) is 0 Å². The van der Waals surface area contributed by atoms with Gasteiger partial charge in [0, 0.05) is 16.8 Å². The Morgan fingerprint density at radius 3 is 2.22 bits per heavy atom. The van der Waals surface area contributed by atoms with Crippen LogP contribution in [0.3, 0.4) is 0 Å². The van der Waals surface area contributed by atoms with Gasteiger partial charge in [-0.3, -0.25) is 14.5 Å². The van der Waals surface area contributed by atoms with Gasteiger partial charge in [-0.05, 0) is 73.2 Å². The number of halogens is 4. The van der Waals surface area contributed by atoms with E-state index in [0.717, 1.165) is 72.0 Å². The van der Waals surface area contributed by atoms with Crippen molar-refractivity contribution in [2.24, 2.45) is 0 Å². The molecule has 0 bridgehead atoms. The van der Waals surface area contributed by atoms with Gasteiger partial charge in [0.1, 0.15) is 11.6 Å². The fraction of sp³-hybridized carbons (Fsp3) is 0.214. The fourth-order valence-electron chi connectivity index (χ4n) is 4.94. The lowest BCUT2D eigenvalue weighted by molar-refractivity contribution is -0.137. The summed E-state index contributed by atoms with van der Waals surface area (Å²) >= 11 is 0. The number of anilines is 1. The zero-order chi connectivity index (χ0) is 25.6. The highest BCUT2D eigenvalue weighted by Crippen LogP contribution is 2.43. The van der Waals surface area contributed by atoms with Crippen molar-refractivity contribution in [2.75, 3.05) is 4.90 Å². The van der Waals surface area contributed by atoms with Crippen LogP contribution in [-0.4, -0.2) is 16.8 Å². The van der Waals surface area contributed by atoms with Crippen LogP contribution in [0.1, 0.15) is 46.7 Å². The molecule has 8 heteroatoms. The summed E-state index contributed by atoms with van der Waals surface area (Å²) in [6.45, 7) is 0. The normalized spacial score (nSPS) is 19.4. The van der Waals surface area contributed by atoms with Gasteiger partial charge in [0.15, 0.2) is 0 Å². The number of aliphatic hydroxyl groups excluding tert-OH is 1. The number of carbonyl (C=O) groups excluding carboxylic acids is 2. The minimum absolute atomic E-state index is 0.0251. The highest BCUT2D eigenvalue weighted by atomic mass is 19.4. The molecule has 1 aliphatic carbocycles. The molecule has 0 saturated carbocycles. The Morgan fingerprint density at radius 1 is 0.889 bits per heavy atom. The summed E-state index contributed by atoms with van der Waals surface area (Å²) in [5.74, 6) is -3.29. The standard InChI is InChI=1S/C28H21F4NO3/c29-22-8-4-3-7-21(22)24-23(25(34)18-10-9-16-5-1-2-6-17(16)15-18)26(35)27(36)33(24)20-13-11-19(12-14-20)28(30,31)32/h3-4,7-15,24,34H,1-2,5-6H2/b25-23+. The number of fused-ring (bicyclic) bond motifs is 1. The van der Waals surface area contributed by atoms with Gasteiger partial charge in [-0.2, -0.15) is 13.2 Å². The molecule has 2 aliphatic rings. The van der Waals surface area contributed by atoms with Crippen LogP contribution in [0.15, 0.2) is 72.3 Å². The molecule has 3 aromatic carbocycles. The summed E-state index contributed by atoms with van der Waals surface area (Å²) in [7, 11) is 0. The van der Waals surface area contributed by atoms with Gasteiger partial charge in [-0.25, -0.2) is 4.39 Å². The van der Waals surface area contributed by atoms with Gasteiger partial charge in [-0.15, -0.1) is 0 Å². The second kappa shape index (κ2) is 8.93. The van der Waals surface area contributed by atoms with Crippen LogP contribution in [0.4, 0.5) is 23.2 Å². The van der Waals surface area contributed by atoms with Gasteiger partial charge >= 0.3 is 6.18 Å². The molecule has 0 aromatic heterocycles. The topological polar surface area (TPSA) is 57.6 Å². The molecule has 4 nitrogen and oxygen atoms in total. The number of aliphatic hydroxyl groups is 1. The maximum atomic E-state index is 15.0. The van der Waals surface area contributed by atoms with E-state index < -0.39 is 41.0 Å². The van der Waals surface area contributed by atoms with Crippen molar-refractivity contribution >= 4 is 23.1 Å². The smallest absolute Gasteiger partial charge is 0.416 e.